The van der Waals surface area contributed by atoms with Crippen LogP contribution < -0.4 is 5.32 Å². The highest BCUT2D eigenvalue weighted by atomic mass is 16.2. The van der Waals surface area contributed by atoms with E-state index >= 15 is 0 Å². The fourth-order valence-corrected chi connectivity index (χ4v) is 2.70. The predicted octanol–water partition coefficient (Wildman–Crippen LogP) is 2.56. The fourth-order valence-electron chi connectivity index (χ4n) is 2.70. The van der Waals surface area contributed by atoms with Gasteiger partial charge in [-0.3, -0.25) is 4.79 Å². The fraction of sp³-hybridized carbons (Fsp3) is 0.667. The van der Waals surface area contributed by atoms with Crippen molar-refractivity contribution in [3.05, 3.63) is 17.8 Å². The van der Waals surface area contributed by atoms with Gasteiger partial charge in [0.2, 0.25) is 0 Å². The monoisotopic (exact) mass is 276 g/mol. The second kappa shape index (κ2) is 5.77. The van der Waals surface area contributed by atoms with Gasteiger partial charge in [-0.1, -0.05) is 13.8 Å². The molecule has 1 saturated carbocycles. The summed E-state index contributed by atoms with van der Waals surface area (Å²) in [5, 5.41) is 10.8. The lowest BCUT2D eigenvalue weighted by atomic mass is 9.75. The summed E-state index contributed by atoms with van der Waals surface area (Å²) in [7, 11) is 3.65. The second-order valence-electron chi connectivity index (χ2n) is 6.37. The van der Waals surface area contributed by atoms with Crippen LogP contribution in [0.3, 0.4) is 0 Å². The molecule has 0 aromatic carbocycles. The summed E-state index contributed by atoms with van der Waals surface area (Å²) < 4.78 is 0. The molecule has 2 rings (SSSR count). The smallest absolute Gasteiger partial charge is 0.274 e. The number of rotatable bonds is 3. The van der Waals surface area contributed by atoms with Crippen LogP contribution in [0.1, 0.15) is 50.0 Å². The van der Waals surface area contributed by atoms with Crippen LogP contribution in [0.4, 0.5) is 5.82 Å². The Morgan fingerprint density at radius 1 is 1.30 bits per heavy atom. The highest BCUT2D eigenvalue weighted by Gasteiger charge is 2.31. The molecule has 0 spiro atoms. The lowest BCUT2D eigenvalue weighted by Gasteiger charge is -2.38. The van der Waals surface area contributed by atoms with Gasteiger partial charge in [0.25, 0.3) is 5.91 Å². The van der Waals surface area contributed by atoms with Crippen molar-refractivity contribution in [2.75, 3.05) is 19.4 Å². The van der Waals surface area contributed by atoms with Crippen LogP contribution in [-0.2, 0) is 0 Å². The Bertz CT molecular complexity index is 459. The molecule has 0 bridgehead atoms. The van der Waals surface area contributed by atoms with E-state index in [-0.39, 0.29) is 5.91 Å². The van der Waals surface area contributed by atoms with Crippen molar-refractivity contribution in [2.24, 2.45) is 5.41 Å². The number of hydrogen-bond acceptors (Lipinski definition) is 4. The zero-order chi connectivity index (χ0) is 14.8. The van der Waals surface area contributed by atoms with E-state index in [9.17, 15) is 4.79 Å². The van der Waals surface area contributed by atoms with Gasteiger partial charge in [0.05, 0.1) is 0 Å². The number of carbonyl (C=O) groups is 1. The van der Waals surface area contributed by atoms with Crippen molar-refractivity contribution in [3.63, 3.8) is 0 Å². The zero-order valence-electron chi connectivity index (χ0n) is 12.8. The van der Waals surface area contributed by atoms with Crippen molar-refractivity contribution in [2.45, 2.75) is 45.6 Å². The minimum absolute atomic E-state index is 0.0372. The molecule has 1 heterocycles. The molecule has 1 aromatic rings. The summed E-state index contributed by atoms with van der Waals surface area (Å²) in [5.74, 6) is 0.633. The van der Waals surface area contributed by atoms with Gasteiger partial charge in [0.15, 0.2) is 5.69 Å². The predicted molar refractivity (Wildman–Crippen MR) is 79.7 cm³/mol. The summed E-state index contributed by atoms with van der Waals surface area (Å²) in [6.07, 6.45) is 4.47. The Labute approximate surface area is 120 Å². The van der Waals surface area contributed by atoms with Gasteiger partial charge in [0, 0.05) is 20.1 Å². The van der Waals surface area contributed by atoms with Crippen molar-refractivity contribution in [1.29, 1.82) is 0 Å². The molecule has 5 heteroatoms. The molecular weight excluding hydrogens is 252 g/mol. The van der Waals surface area contributed by atoms with Crippen LogP contribution in [0.5, 0.6) is 0 Å². The highest BCUT2D eigenvalue weighted by Crippen LogP contribution is 2.36. The Hall–Kier alpha value is -1.65. The molecule has 1 aliphatic rings. The number of nitrogens with one attached hydrogen (secondary N) is 1. The Balaban J connectivity index is 2.01. The van der Waals surface area contributed by atoms with Crippen LogP contribution >= 0.6 is 0 Å². The van der Waals surface area contributed by atoms with Gasteiger partial charge in [-0.2, -0.15) is 0 Å². The average Bonchev–Trinajstić information content (AvgIpc) is 2.46. The first-order chi connectivity index (χ1) is 9.43. The second-order valence-corrected chi connectivity index (χ2v) is 6.37. The van der Waals surface area contributed by atoms with Crippen molar-refractivity contribution in [1.82, 2.24) is 15.1 Å². The van der Waals surface area contributed by atoms with Gasteiger partial charge >= 0.3 is 0 Å². The van der Waals surface area contributed by atoms with Crippen LogP contribution in [0.2, 0.25) is 0 Å². The van der Waals surface area contributed by atoms with Gasteiger partial charge in [-0.25, -0.2) is 0 Å². The standard InChI is InChI=1S/C15H24N4O/c1-15(2)9-7-11(8-10-15)19(4)14(20)12-5-6-13(16-3)18-17-12/h5-6,11H,7-10H2,1-4H3,(H,16,18). The Morgan fingerprint density at radius 3 is 2.45 bits per heavy atom. The molecule has 1 fully saturated rings. The quantitative estimate of drug-likeness (QED) is 0.921. The molecule has 0 atom stereocenters. The Kier molecular flexibility index (Phi) is 4.26. The molecule has 0 radical (unpaired) electrons. The van der Waals surface area contributed by atoms with Gasteiger partial charge in [-0.05, 0) is 43.2 Å². The molecule has 0 saturated heterocycles. The average molecular weight is 276 g/mol. The number of amides is 1. The first-order valence-corrected chi connectivity index (χ1v) is 7.21. The van der Waals surface area contributed by atoms with E-state index in [0.29, 0.717) is 23.0 Å². The van der Waals surface area contributed by atoms with Crippen LogP contribution in [0.25, 0.3) is 0 Å². The number of nitrogens with zero attached hydrogens (tertiary/aromatic N) is 3. The van der Waals surface area contributed by atoms with E-state index in [2.05, 4.69) is 29.4 Å². The van der Waals surface area contributed by atoms with Crippen molar-refractivity contribution >= 4 is 11.7 Å². The topological polar surface area (TPSA) is 58.1 Å². The maximum absolute atomic E-state index is 12.4. The number of anilines is 1. The molecule has 0 unspecified atom stereocenters. The maximum atomic E-state index is 12.4. The van der Waals surface area contributed by atoms with Crippen LogP contribution in [0, 0.1) is 5.41 Å². The van der Waals surface area contributed by atoms with Crippen molar-refractivity contribution < 1.29 is 4.79 Å². The third-order valence-corrected chi connectivity index (χ3v) is 4.32. The van der Waals surface area contributed by atoms with Crippen LogP contribution in [0.15, 0.2) is 12.1 Å². The SMILES string of the molecule is CNc1ccc(C(=O)N(C)C2CCC(C)(C)CC2)nn1. The van der Waals surface area contributed by atoms with Gasteiger partial charge in [0.1, 0.15) is 5.82 Å². The summed E-state index contributed by atoms with van der Waals surface area (Å²) in [6.45, 7) is 4.60. The number of aromatic nitrogens is 2. The minimum atomic E-state index is -0.0372. The first kappa shape index (κ1) is 14.8. The lowest BCUT2D eigenvalue weighted by molar-refractivity contribution is 0.0628. The van der Waals surface area contributed by atoms with E-state index in [1.54, 1.807) is 19.2 Å². The summed E-state index contributed by atoms with van der Waals surface area (Å²) in [6, 6.07) is 3.82. The molecule has 1 N–H and O–H groups in total. The van der Waals surface area contributed by atoms with Crippen LogP contribution in [-0.4, -0.2) is 41.1 Å². The largest absolute Gasteiger partial charge is 0.372 e. The highest BCUT2D eigenvalue weighted by molar-refractivity contribution is 5.92. The number of hydrogen-bond donors (Lipinski definition) is 1. The maximum Gasteiger partial charge on any atom is 0.274 e. The third-order valence-electron chi connectivity index (χ3n) is 4.32. The normalized spacial score (nSPS) is 18.6. The first-order valence-electron chi connectivity index (χ1n) is 7.21. The van der Waals surface area contributed by atoms with Gasteiger partial charge < -0.3 is 10.2 Å². The van der Waals surface area contributed by atoms with E-state index in [4.69, 9.17) is 0 Å². The van der Waals surface area contributed by atoms with E-state index < -0.39 is 0 Å². The van der Waals surface area contributed by atoms with E-state index in [1.807, 2.05) is 11.9 Å². The zero-order valence-corrected chi connectivity index (χ0v) is 12.8. The molecule has 20 heavy (non-hydrogen) atoms. The summed E-state index contributed by atoms with van der Waals surface area (Å²) in [5.41, 5.74) is 0.825. The Morgan fingerprint density at radius 2 is 1.95 bits per heavy atom. The molecule has 110 valence electrons. The molecule has 1 aromatic heterocycles. The molecule has 0 aliphatic heterocycles. The van der Waals surface area contributed by atoms with Crippen molar-refractivity contribution in [3.8, 4) is 0 Å². The molecular formula is C15H24N4O. The summed E-state index contributed by atoms with van der Waals surface area (Å²) >= 11 is 0. The molecule has 1 amide bonds. The molecule has 5 nitrogen and oxygen atoms in total. The third kappa shape index (κ3) is 3.26. The minimum Gasteiger partial charge on any atom is -0.372 e. The van der Waals surface area contributed by atoms with E-state index in [0.717, 1.165) is 12.8 Å². The summed E-state index contributed by atoms with van der Waals surface area (Å²) in [4.78, 5) is 14.2. The lowest BCUT2D eigenvalue weighted by Crippen LogP contribution is -2.41. The van der Waals surface area contributed by atoms with Gasteiger partial charge in [-0.15, -0.1) is 10.2 Å². The molecule has 1 aliphatic carbocycles. The van der Waals surface area contributed by atoms with E-state index in [1.165, 1.54) is 12.8 Å². The number of carbonyl (C=O) groups excluding carboxylic acids is 1.